The van der Waals surface area contributed by atoms with E-state index in [0.717, 1.165) is 17.6 Å². The van der Waals surface area contributed by atoms with Crippen molar-refractivity contribution >= 4 is 11.6 Å². The Morgan fingerprint density at radius 1 is 1.21 bits per heavy atom. The minimum atomic E-state index is -0.655. The predicted octanol–water partition coefficient (Wildman–Crippen LogP) is 1.83. The standard InChI is InChI=1S/C16H18O3/c1-8-3-4-10-9(2)7-11-12(17)5-6-13(18)14(11)15(10)16(8)19/h3,5-7,10-12,14-15,17H,4H2,1-2H3/t10-,11+,12-,14-,15+/m1/s1. The minimum absolute atomic E-state index is 0.0166. The molecule has 1 N–H and O–H groups in total. The van der Waals surface area contributed by atoms with Crippen molar-refractivity contribution in [2.75, 3.05) is 0 Å². The molecule has 0 aromatic rings. The van der Waals surface area contributed by atoms with Crippen LogP contribution in [0.25, 0.3) is 0 Å². The molecule has 3 rings (SSSR count). The van der Waals surface area contributed by atoms with Crippen LogP contribution < -0.4 is 0 Å². The number of ketones is 2. The highest BCUT2D eigenvalue weighted by Crippen LogP contribution is 2.46. The van der Waals surface area contributed by atoms with E-state index in [0.29, 0.717) is 0 Å². The zero-order chi connectivity index (χ0) is 13.7. The van der Waals surface area contributed by atoms with Crippen molar-refractivity contribution in [1.29, 1.82) is 0 Å². The van der Waals surface area contributed by atoms with Crippen molar-refractivity contribution in [3.05, 3.63) is 35.5 Å². The Morgan fingerprint density at radius 2 is 1.95 bits per heavy atom. The first kappa shape index (κ1) is 12.5. The second kappa shape index (κ2) is 4.27. The van der Waals surface area contributed by atoms with Crippen LogP contribution in [-0.2, 0) is 9.59 Å². The first-order chi connectivity index (χ1) is 9.00. The van der Waals surface area contributed by atoms with Gasteiger partial charge in [0.1, 0.15) is 0 Å². The normalized spacial score (nSPS) is 41.3. The first-order valence-electron chi connectivity index (χ1n) is 6.80. The molecule has 0 unspecified atom stereocenters. The Labute approximate surface area is 112 Å². The maximum Gasteiger partial charge on any atom is 0.162 e. The van der Waals surface area contributed by atoms with Crippen molar-refractivity contribution in [1.82, 2.24) is 0 Å². The second-order valence-corrected chi connectivity index (χ2v) is 5.89. The van der Waals surface area contributed by atoms with Gasteiger partial charge in [-0.2, -0.15) is 0 Å². The summed E-state index contributed by atoms with van der Waals surface area (Å²) in [5, 5.41) is 10.1. The number of fused-ring (bicyclic) bond motifs is 3. The smallest absolute Gasteiger partial charge is 0.162 e. The molecule has 5 atom stereocenters. The Balaban J connectivity index is 2.11. The summed E-state index contributed by atoms with van der Waals surface area (Å²) in [7, 11) is 0. The third kappa shape index (κ3) is 1.76. The summed E-state index contributed by atoms with van der Waals surface area (Å²) in [5.41, 5.74) is 1.89. The van der Waals surface area contributed by atoms with Crippen molar-refractivity contribution in [2.45, 2.75) is 26.4 Å². The molecule has 0 spiro atoms. The van der Waals surface area contributed by atoms with E-state index in [-0.39, 0.29) is 35.2 Å². The van der Waals surface area contributed by atoms with E-state index in [2.05, 4.69) is 0 Å². The van der Waals surface area contributed by atoms with Crippen molar-refractivity contribution in [3.8, 4) is 0 Å². The van der Waals surface area contributed by atoms with Gasteiger partial charge >= 0.3 is 0 Å². The number of aliphatic hydroxyl groups excluding tert-OH is 1. The fourth-order valence-electron chi connectivity index (χ4n) is 3.76. The number of allylic oxidation sites excluding steroid dienone is 4. The summed E-state index contributed by atoms with van der Waals surface area (Å²) in [6.45, 7) is 3.83. The van der Waals surface area contributed by atoms with E-state index in [1.807, 2.05) is 26.0 Å². The molecule has 3 aliphatic rings. The average Bonchev–Trinajstić information content (AvgIpc) is 2.38. The summed E-state index contributed by atoms with van der Waals surface area (Å²) in [4.78, 5) is 24.6. The van der Waals surface area contributed by atoms with Crippen LogP contribution in [0.1, 0.15) is 20.3 Å². The molecule has 0 saturated heterocycles. The fourth-order valence-corrected chi connectivity index (χ4v) is 3.76. The second-order valence-electron chi connectivity index (χ2n) is 5.89. The topological polar surface area (TPSA) is 54.4 Å². The van der Waals surface area contributed by atoms with Gasteiger partial charge in [0.25, 0.3) is 0 Å². The quantitative estimate of drug-likeness (QED) is 0.674. The van der Waals surface area contributed by atoms with Gasteiger partial charge in [0.2, 0.25) is 0 Å². The van der Waals surface area contributed by atoms with E-state index in [1.54, 1.807) is 6.08 Å². The molecular weight excluding hydrogens is 240 g/mol. The van der Waals surface area contributed by atoms with E-state index in [9.17, 15) is 14.7 Å². The molecule has 0 radical (unpaired) electrons. The largest absolute Gasteiger partial charge is 0.388 e. The third-order valence-corrected chi connectivity index (χ3v) is 4.83. The van der Waals surface area contributed by atoms with Crippen molar-refractivity contribution < 1.29 is 14.7 Å². The van der Waals surface area contributed by atoms with Crippen LogP contribution in [0.15, 0.2) is 35.5 Å². The molecule has 0 aromatic heterocycles. The highest BCUT2D eigenvalue weighted by Gasteiger charge is 2.49. The Morgan fingerprint density at radius 3 is 2.68 bits per heavy atom. The summed E-state index contributed by atoms with van der Waals surface area (Å²) >= 11 is 0. The molecule has 0 saturated carbocycles. The Hall–Kier alpha value is -1.48. The van der Waals surface area contributed by atoms with Gasteiger partial charge < -0.3 is 5.11 Å². The molecule has 0 heterocycles. The lowest BCUT2D eigenvalue weighted by Gasteiger charge is -2.44. The molecule has 100 valence electrons. The molecular formula is C16H18O3. The first-order valence-corrected chi connectivity index (χ1v) is 6.80. The van der Waals surface area contributed by atoms with Gasteiger partial charge in [0.05, 0.1) is 6.10 Å². The Bertz CT molecular complexity index is 538. The molecule has 19 heavy (non-hydrogen) atoms. The fraction of sp³-hybridized carbons (Fsp3) is 0.500. The number of Topliss-reactive ketones (excluding diaryl/α,β-unsaturated/α-hetero) is 1. The van der Waals surface area contributed by atoms with Crippen LogP contribution in [0.3, 0.4) is 0 Å². The number of hydrogen-bond acceptors (Lipinski definition) is 3. The van der Waals surface area contributed by atoms with Crippen molar-refractivity contribution in [3.63, 3.8) is 0 Å². The lowest BCUT2D eigenvalue weighted by atomic mass is 9.58. The lowest BCUT2D eigenvalue weighted by molar-refractivity contribution is -0.134. The van der Waals surface area contributed by atoms with Crippen molar-refractivity contribution in [2.24, 2.45) is 23.7 Å². The maximum atomic E-state index is 12.5. The molecule has 0 aliphatic heterocycles. The van der Waals surface area contributed by atoms with Gasteiger partial charge in [-0.3, -0.25) is 9.59 Å². The molecule has 0 aromatic carbocycles. The monoisotopic (exact) mass is 258 g/mol. The van der Waals surface area contributed by atoms with Gasteiger partial charge in [-0.05, 0) is 37.8 Å². The third-order valence-electron chi connectivity index (χ3n) is 4.83. The van der Waals surface area contributed by atoms with Crippen LogP contribution >= 0.6 is 0 Å². The van der Waals surface area contributed by atoms with Gasteiger partial charge in [-0.1, -0.05) is 23.8 Å². The van der Waals surface area contributed by atoms with Gasteiger partial charge in [0.15, 0.2) is 11.6 Å². The summed E-state index contributed by atoms with van der Waals surface area (Å²) < 4.78 is 0. The van der Waals surface area contributed by atoms with E-state index < -0.39 is 6.10 Å². The molecule has 0 bridgehead atoms. The number of rotatable bonds is 0. The number of aliphatic hydroxyl groups is 1. The maximum absolute atomic E-state index is 12.5. The molecule has 3 nitrogen and oxygen atoms in total. The molecule has 3 heteroatoms. The lowest BCUT2D eigenvalue weighted by Crippen LogP contribution is -2.48. The number of carbonyl (C=O) groups is 2. The zero-order valence-electron chi connectivity index (χ0n) is 11.2. The van der Waals surface area contributed by atoms with Gasteiger partial charge in [0, 0.05) is 17.8 Å². The van der Waals surface area contributed by atoms with Crippen LogP contribution in [0, 0.1) is 23.7 Å². The van der Waals surface area contributed by atoms with Crippen LogP contribution in [-0.4, -0.2) is 22.8 Å². The molecule has 0 fully saturated rings. The highest BCUT2D eigenvalue weighted by molar-refractivity contribution is 6.04. The SMILES string of the molecule is CC1=CC[C@@H]2C(C)=C[C@@H]3[C@H](C(=O)C=C[C@H]3O)[C@H]2C1=O. The van der Waals surface area contributed by atoms with E-state index >= 15 is 0 Å². The highest BCUT2D eigenvalue weighted by atomic mass is 16.3. The molecule has 3 aliphatic carbocycles. The van der Waals surface area contributed by atoms with Gasteiger partial charge in [-0.25, -0.2) is 0 Å². The van der Waals surface area contributed by atoms with Crippen LogP contribution in [0.4, 0.5) is 0 Å². The summed E-state index contributed by atoms with van der Waals surface area (Å²) in [6.07, 6.45) is 7.13. The summed E-state index contributed by atoms with van der Waals surface area (Å²) in [6, 6.07) is 0. The summed E-state index contributed by atoms with van der Waals surface area (Å²) in [5.74, 6) is -0.725. The van der Waals surface area contributed by atoms with Crippen LogP contribution in [0.5, 0.6) is 0 Å². The average molecular weight is 258 g/mol. The Kier molecular flexibility index (Phi) is 2.82. The van der Waals surface area contributed by atoms with E-state index in [4.69, 9.17) is 0 Å². The molecule has 0 amide bonds. The van der Waals surface area contributed by atoms with Crippen LogP contribution in [0.2, 0.25) is 0 Å². The number of carbonyl (C=O) groups excluding carboxylic acids is 2. The zero-order valence-corrected chi connectivity index (χ0v) is 11.2. The minimum Gasteiger partial charge on any atom is -0.388 e. The number of hydrogen-bond donors (Lipinski definition) is 1. The van der Waals surface area contributed by atoms with Gasteiger partial charge in [-0.15, -0.1) is 0 Å². The van der Waals surface area contributed by atoms with E-state index in [1.165, 1.54) is 6.08 Å². The predicted molar refractivity (Wildman–Crippen MR) is 71.3 cm³/mol.